The second-order valence-electron chi connectivity index (χ2n) is 19.3. The van der Waals surface area contributed by atoms with Crippen molar-refractivity contribution in [2.45, 2.75) is 113 Å². The minimum Gasteiger partial charge on any atom is -0.394 e. The molecule has 13 N–H and O–H groups in total. The van der Waals surface area contributed by atoms with E-state index in [9.17, 15) is 62.1 Å². The van der Waals surface area contributed by atoms with Crippen molar-refractivity contribution in [3.63, 3.8) is 0 Å². The van der Waals surface area contributed by atoms with Crippen LogP contribution in [-0.4, -0.2) is 165 Å². The van der Waals surface area contributed by atoms with Gasteiger partial charge >= 0.3 is 42.7 Å². The molecule has 0 bridgehead atoms. The van der Waals surface area contributed by atoms with E-state index in [2.05, 4.69) is 39.9 Å². The fraction of sp³-hybridized carbons (Fsp3) is 0.561. The molecule has 0 amide bonds. The van der Waals surface area contributed by atoms with Crippen LogP contribution in [0.4, 0.5) is 17.6 Å². The number of fused-ring (bicyclic) bond motifs is 2. The number of nitrogen functional groups attached to an aromatic ring is 3. The van der Waals surface area contributed by atoms with Crippen molar-refractivity contribution >= 4 is 71.2 Å². The van der Waals surface area contributed by atoms with Crippen molar-refractivity contribution < 1.29 is 98.1 Å². The van der Waals surface area contributed by atoms with Gasteiger partial charge in [0.1, 0.15) is 91.4 Å². The van der Waals surface area contributed by atoms with Gasteiger partial charge in [-0.05, 0) is 19.9 Å². The van der Waals surface area contributed by atoms with E-state index in [1.165, 1.54) is 41.6 Å². The summed E-state index contributed by atoms with van der Waals surface area (Å²) in [6.45, 7) is -1.04. The van der Waals surface area contributed by atoms with Gasteiger partial charge in [-0.2, -0.15) is 9.97 Å². The van der Waals surface area contributed by atoms with E-state index in [1.807, 2.05) is 0 Å². The highest BCUT2D eigenvalue weighted by Gasteiger charge is 2.49. The van der Waals surface area contributed by atoms with E-state index >= 15 is 0 Å². The Morgan fingerprint density at radius 1 is 0.600 bits per heavy atom. The molecule has 0 spiro atoms. The summed E-state index contributed by atoms with van der Waals surface area (Å²) in [4.78, 5) is 123. The second kappa shape index (κ2) is 24.7. The number of nitrogens with one attached hydrogen (secondary N) is 2. The molecule has 464 valence electrons. The third-order valence-electron chi connectivity index (χ3n) is 13.6. The van der Waals surface area contributed by atoms with Crippen LogP contribution in [0.1, 0.15) is 63.1 Å². The molecule has 0 aliphatic carbocycles. The first-order chi connectivity index (χ1) is 40.2. The molecular formula is C41H55N15O25P4. The zero-order valence-electron chi connectivity index (χ0n) is 44.2. The van der Waals surface area contributed by atoms with E-state index in [0.717, 1.165) is 28.0 Å². The van der Waals surface area contributed by atoms with E-state index in [1.54, 1.807) is 0 Å². The lowest BCUT2D eigenvalue weighted by Crippen LogP contribution is -2.33. The predicted molar refractivity (Wildman–Crippen MR) is 281 cm³/mol. The number of hydrogen-bond donors (Lipinski definition) is 10. The van der Waals surface area contributed by atoms with Gasteiger partial charge in [0.2, 0.25) is 5.95 Å². The lowest BCUT2D eigenvalue weighted by Gasteiger charge is -2.25. The number of phosphoric acid groups is 4. The molecule has 4 aliphatic rings. The maximum absolute atomic E-state index is 14.1. The van der Waals surface area contributed by atoms with Crippen molar-refractivity contribution in [2.75, 3.05) is 50.2 Å². The van der Waals surface area contributed by atoms with Crippen LogP contribution < -0.4 is 39.7 Å². The second-order valence-corrected chi connectivity index (χ2v) is 24.9. The Morgan fingerprint density at radius 2 is 1.07 bits per heavy atom. The van der Waals surface area contributed by atoms with Crippen molar-refractivity contribution in [1.29, 1.82) is 0 Å². The summed E-state index contributed by atoms with van der Waals surface area (Å²) >= 11 is 0. The number of imidazole rings is 2. The molecule has 44 heteroatoms. The molecule has 40 nitrogen and oxygen atoms in total. The Kier molecular flexibility index (Phi) is 18.1. The molecular weight excluding hydrogens is 1230 g/mol. The van der Waals surface area contributed by atoms with Crippen LogP contribution in [0.25, 0.3) is 22.3 Å². The predicted octanol–water partition coefficient (Wildman–Crippen LogP) is -1.01. The summed E-state index contributed by atoms with van der Waals surface area (Å²) in [5.41, 5.74) is 14.1. The van der Waals surface area contributed by atoms with Crippen LogP contribution in [0.3, 0.4) is 0 Å². The third kappa shape index (κ3) is 14.1. The Labute approximate surface area is 474 Å². The molecule has 16 atom stereocenters. The molecule has 4 fully saturated rings. The number of rotatable bonds is 24. The van der Waals surface area contributed by atoms with E-state index in [-0.39, 0.29) is 64.9 Å². The standard InChI is InChI=1S/C41H55N15O25P4/c1-3-70-82(62,63)79-21-8-30(55-16-47-32-34(43)45-15-46-35(32)55)76-25(21)13-73-84(66,67)80-20-7-29(54-10-18(2)37(58)52-41(54)61)75-24(20)12-72-85(68,69)81-22-9-31(56-17-48-33-36(56)50-39(44)51-38(33)59)77-26(22)14-71-83(64,65)78-19-6-28(74-23(19)11-57)53-5-4-27(42)49-40(53)60/h4-5,10,15-17,19-26,28-31,57H,3,6-9,11-14H2,1-2H3,(H,62,63)(H,64,65)(H,66,67)(H,68,69)(H2,42,49,60)(H2,43,45,46)(H,52,58,61)(H3,44,50,51,59)/t19-,20-,21-,22-,23+,24+,25+,26+,28+,29+,30+,31+/m0/s1. The van der Waals surface area contributed by atoms with Crippen molar-refractivity contribution in [3.05, 3.63) is 84.7 Å². The highest BCUT2D eigenvalue weighted by atomic mass is 31.2. The molecule has 4 saturated heterocycles. The number of phosphoric ester groups is 4. The minimum absolute atomic E-state index is 0.0305. The van der Waals surface area contributed by atoms with Gasteiger partial charge in [0.25, 0.3) is 11.1 Å². The lowest BCUT2D eigenvalue weighted by molar-refractivity contribution is -0.0630. The molecule has 85 heavy (non-hydrogen) atoms. The number of H-pyrrole nitrogens is 2. The number of aliphatic hydroxyl groups excluding tert-OH is 1. The van der Waals surface area contributed by atoms with Gasteiger partial charge in [0.15, 0.2) is 22.6 Å². The van der Waals surface area contributed by atoms with Gasteiger partial charge in [-0.1, -0.05) is 0 Å². The molecule has 0 saturated carbocycles. The van der Waals surface area contributed by atoms with Gasteiger partial charge in [-0.25, -0.2) is 47.8 Å². The summed E-state index contributed by atoms with van der Waals surface area (Å²) in [5, 5.41) is 10.0. The topological polar surface area (TPSA) is 555 Å². The molecule has 0 aromatic carbocycles. The highest BCUT2D eigenvalue weighted by molar-refractivity contribution is 7.48. The molecule has 6 aromatic heterocycles. The van der Waals surface area contributed by atoms with Gasteiger partial charge in [-0.15, -0.1) is 0 Å². The fourth-order valence-electron chi connectivity index (χ4n) is 9.69. The first kappa shape index (κ1) is 62.2. The number of aromatic amines is 2. The minimum atomic E-state index is -5.46. The Bertz CT molecular complexity index is 3900. The quantitative estimate of drug-likeness (QED) is 0.0325. The monoisotopic (exact) mass is 1280 g/mol. The molecule has 4 aliphatic heterocycles. The number of nitrogens with zero attached hydrogens (tertiary/aromatic N) is 10. The smallest absolute Gasteiger partial charge is 0.394 e. The van der Waals surface area contributed by atoms with Crippen LogP contribution in [0.15, 0.2) is 56.6 Å². The van der Waals surface area contributed by atoms with Gasteiger partial charge in [0.05, 0.1) is 45.7 Å². The number of anilines is 3. The largest absolute Gasteiger partial charge is 0.472 e. The van der Waals surface area contributed by atoms with Gasteiger partial charge in [-0.3, -0.25) is 74.0 Å². The van der Waals surface area contributed by atoms with Crippen molar-refractivity contribution in [2.24, 2.45) is 0 Å². The summed E-state index contributed by atoms with van der Waals surface area (Å²) < 4.78 is 126. The van der Waals surface area contributed by atoms with Gasteiger partial charge in [0, 0.05) is 43.6 Å². The van der Waals surface area contributed by atoms with E-state index < -0.39 is 167 Å². The molecule has 10 heterocycles. The number of aliphatic hydroxyl groups is 1. The van der Waals surface area contributed by atoms with Crippen LogP contribution in [-0.2, 0) is 73.4 Å². The number of hydrogen-bond acceptors (Lipinski definition) is 30. The first-order valence-electron chi connectivity index (χ1n) is 25.4. The van der Waals surface area contributed by atoms with E-state index in [4.69, 9.17) is 72.3 Å². The molecule has 10 rings (SSSR count). The van der Waals surface area contributed by atoms with Crippen molar-refractivity contribution in [3.8, 4) is 0 Å². The maximum atomic E-state index is 14.1. The van der Waals surface area contributed by atoms with E-state index in [0.29, 0.717) is 0 Å². The molecule has 0 radical (unpaired) electrons. The number of aromatic nitrogens is 12. The first-order valence-corrected chi connectivity index (χ1v) is 31.3. The van der Waals surface area contributed by atoms with Crippen LogP contribution in [0, 0.1) is 6.92 Å². The normalized spacial score (nSPS) is 29.1. The number of nitrogens with two attached hydrogens (primary N) is 3. The summed E-state index contributed by atoms with van der Waals surface area (Å²) in [6, 6.07) is 1.30. The molecule has 4 unspecified atom stereocenters. The molecule has 6 aromatic rings. The zero-order valence-corrected chi connectivity index (χ0v) is 47.7. The Balaban J connectivity index is 0.852. The highest BCUT2D eigenvalue weighted by Crippen LogP contribution is 2.55. The lowest BCUT2D eigenvalue weighted by atomic mass is 10.2. The van der Waals surface area contributed by atoms with Crippen LogP contribution in [0.2, 0.25) is 0 Å². The Morgan fingerprint density at radius 3 is 1.59 bits per heavy atom. The fourth-order valence-corrected chi connectivity index (χ4v) is 13.5. The SMILES string of the molecule is CCOP(=O)(O)O[C@H]1C[C@H](n2cnc3c(N)ncnc32)O[C@@H]1COP(=O)(O)O[C@H]1C[C@H](n2cc(C)c(=O)[nH]c2=O)O[C@@H]1COP(=O)(O)O[C@H]1C[C@H](n2cnc3c(=O)[nH]c(N)nc32)O[C@@H]1COP(=O)(O)O[C@H]1C[C@H](n2ccc(N)nc2=O)O[C@@H]1CO. The summed E-state index contributed by atoms with van der Waals surface area (Å²) in [6.07, 6.45) is -12.3. The zero-order chi connectivity index (χ0) is 60.9. The maximum Gasteiger partial charge on any atom is 0.472 e. The Hall–Kier alpha value is -5.90. The van der Waals surface area contributed by atoms with Crippen LogP contribution >= 0.6 is 31.3 Å². The summed E-state index contributed by atoms with van der Waals surface area (Å²) in [5.74, 6) is -0.387. The number of ether oxygens (including phenoxy) is 4. The van der Waals surface area contributed by atoms with Crippen LogP contribution in [0.5, 0.6) is 0 Å². The number of aryl methyl sites for hydroxylation is 1. The average Bonchev–Trinajstić information content (AvgIpc) is 2.42. The van der Waals surface area contributed by atoms with Gasteiger partial charge < -0.3 is 60.8 Å². The average molecular weight is 1280 g/mol. The summed E-state index contributed by atoms with van der Waals surface area (Å²) in [7, 11) is -20.8. The third-order valence-corrected chi connectivity index (χ3v) is 17.7. The van der Waals surface area contributed by atoms with Crippen molar-refractivity contribution in [1.82, 2.24) is 58.1 Å².